The van der Waals surface area contributed by atoms with Gasteiger partial charge in [0.25, 0.3) is 0 Å². The molecule has 1 aliphatic rings. The molecule has 0 fully saturated rings. The number of nitrogens with two attached hydrogens (primary N) is 1. The number of ether oxygens (including phenoxy) is 2. The maximum Gasteiger partial charge on any atom is 0.161 e. The molecule has 0 bridgehead atoms. The van der Waals surface area contributed by atoms with E-state index in [0.717, 1.165) is 42.0 Å². The Kier molecular flexibility index (Phi) is 6.70. The monoisotopic (exact) mass is 434 g/mol. The Labute approximate surface area is 190 Å². The fourth-order valence-electron chi connectivity index (χ4n) is 4.97. The van der Waals surface area contributed by atoms with Gasteiger partial charge in [-0.2, -0.15) is 0 Å². The van der Waals surface area contributed by atoms with E-state index in [9.17, 15) is 5.11 Å². The predicted octanol–water partition coefficient (Wildman–Crippen LogP) is 4.60. The maximum absolute atomic E-state index is 9.34. The number of hydrogen-bond donors (Lipinski definition) is 2. The Hall–Kier alpha value is -2.60. The summed E-state index contributed by atoms with van der Waals surface area (Å²) in [6.07, 6.45) is 0.995. The molecule has 3 aromatic rings. The second kappa shape index (κ2) is 9.49. The van der Waals surface area contributed by atoms with E-state index in [4.69, 9.17) is 15.2 Å². The van der Waals surface area contributed by atoms with Crippen molar-refractivity contribution in [3.8, 4) is 11.5 Å². The summed E-state index contributed by atoms with van der Waals surface area (Å²) in [5, 5.41) is 11.7. The third-order valence-corrected chi connectivity index (χ3v) is 6.60. The fourth-order valence-corrected chi connectivity index (χ4v) is 4.97. The van der Waals surface area contributed by atoms with Crippen LogP contribution in [0.25, 0.3) is 10.8 Å². The SMILES string of the molecule is COc1cc2c(cc1OC)C(C(C)C)N(Cc1ccc3cc(C(N)CO)ccc3c1)CC2. The van der Waals surface area contributed by atoms with Gasteiger partial charge in [0.2, 0.25) is 0 Å². The summed E-state index contributed by atoms with van der Waals surface area (Å²) in [6, 6.07) is 17.1. The minimum Gasteiger partial charge on any atom is -0.493 e. The van der Waals surface area contributed by atoms with Crippen molar-refractivity contribution in [3.05, 3.63) is 70.8 Å². The molecule has 5 nitrogen and oxygen atoms in total. The molecule has 0 aromatic heterocycles. The van der Waals surface area contributed by atoms with E-state index < -0.39 is 0 Å². The molecule has 5 heteroatoms. The third-order valence-electron chi connectivity index (χ3n) is 6.60. The minimum atomic E-state index is -0.338. The summed E-state index contributed by atoms with van der Waals surface area (Å²) in [4.78, 5) is 2.58. The molecule has 32 heavy (non-hydrogen) atoms. The third kappa shape index (κ3) is 4.33. The lowest BCUT2D eigenvalue weighted by Gasteiger charge is -2.40. The van der Waals surface area contributed by atoms with Gasteiger partial charge in [-0.25, -0.2) is 0 Å². The van der Waals surface area contributed by atoms with Crippen LogP contribution >= 0.6 is 0 Å². The summed E-state index contributed by atoms with van der Waals surface area (Å²) in [5.74, 6) is 2.06. The summed E-state index contributed by atoms with van der Waals surface area (Å²) in [5.41, 5.74) is 10.9. The van der Waals surface area contributed by atoms with Gasteiger partial charge in [-0.3, -0.25) is 4.90 Å². The Bertz CT molecular complexity index is 1100. The first-order valence-corrected chi connectivity index (χ1v) is 11.3. The molecule has 3 aromatic carbocycles. The number of aliphatic hydroxyl groups excluding tert-OH is 1. The predicted molar refractivity (Wildman–Crippen MR) is 129 cm³/mol. The number of aliphatic hydroxyl groups is 1. The number of fused-ring (bicyclic) bond motifs is 2. The highest BCUT2D eigenvalue weighted by Crippen LogP contribution is 2.41. The first-order chi connectivity index (χ1) is 15.4. The second-order valence-electron chi connectivity index (χ2n) is 9.05. The molecule has 1 heterocycles. The van der Waals surface area contributed by atoms with Gasteiger partial charge in [-0.05, 0) is 69.6 Å². The van der Waals surface area contributed by atoms with Gasteiger partial charge in [-0.15, -0.1) is 0 Å². The Balaban J connectivity index is 1.63. The van der Waals surface area contributed by atoms with Gasteiger partial charge in [0.05, 0.1) is 26.9 Å². The van der Waals surface area contributed by atoms with E-state index in [-0.39, 0.29) is 12.6 Å². The lowest BCUT2D eigenvalue weighted by molar-refractivity contribution is 0.135. The van der Waals surface area contributed by atoms with Crippen LogP contribution in [0.1, 0.15) is 48.2 Å². The van der Waals surface area contributed by atoms with E-state index in [1.807, 2.05) is 6.07 Å². The number of methoxy groups -OCH3 is 2. The number of nitrogens with zero attached hydrogens (tertiary/aromatic N) is 1. The van der Waals surface area contributed by atoms with Crippen molar-refractivity contribution in [2.45, 2.75) is 38.9 Å². The summed E-state index contributed by atoms with van der Waals surface area (Å²) in [7, 11) is 3.39. The Morgan fingerprint density at radius 1 is 1.00 bits per heavy atom. The standard InChI is InChI=1S/C27H34N2O3/c1-17(2)27-23-14-26(32-4)25(31-3)13-21(23)9-10-29(27)15-18-5-6-20-12-22(24(28)16-30)8-7-19(20)11-18/h5-8,11-14,17,24,27,30H,9-10,15-16,28H2,1-4H3. The van der Waals surface area contributed by atoms with Gasteiger partial charge in [0.15, 0.2) is 11.5 Å². The smallest absolute Gasteiger partial charge is 0.161 e. The molecule has 0 saturated carbocycles. The zero-order valence-electron chi connectivity index (χ0n) is 19.5. The molecular formula is C27H34N2O3. The molecule has 3 N–H and O–H groups in total. The van der Waals surface area contributed by atoms with Crippen molar-refractivity contribution in [2.24, 2.45) is 11.7 Å². The highest BCUT2D eigenvalue weighted by atomic mass is 16.5. The number of hydrogen-bond acceptors (Lipinski definition) is 5. The molecule has 170 valence electrons. The van der Waals surface area contributed by atoms with Crippen LogP contribution < -0.4 is 15.2 Å². The van der Waals surface area contributed by atoms with Gasteiger partial charge >= 0.3 is 0 Å². The zero-order chi connectivity index (χ0) is 22.8. The summed E-state index contributed by atoms with van der Waals surface area (Å²) >= 11 is 0. The summed E-state index contributed by atoms with van der Waals surface area (Å²) in [6.45, 7) is 6.43. The van der Waals surface area contributed by atoms with Crippen LogP contribution in [0.4, 0.5) is 0 Å². The van der Waals surface area contributed by atoms with E-state index in [1.54, 1.807) is 14.2 Å². The Morgan fingerprint density at radius 3 is 2.38 bits per heavy atom. The lowest BCUT2D eigenvalue weighted by Crippen LogP contribution is -2.37. The van der Waals surface area contributed by atoms with E-state index in [2.05, 4.69) is 61.2 Å². The average molecular weight is 435 g/mol. The van der Waals surface area contributed by atoms with Crippen LogP contribution in [0.15, 0.2) is 48.5 Å². The molecule has 0 amide bonds. The maximum atomic E-state index is 9.34. The molecule has 4 rings (SSSR count). The van der Waals surface area contributed by atoms with E-state index >= 15 is 0 Å². The van der Waals surface area contributed by atoms with Gasteiger partial charge in [0, 0.05) is 19.1 Å². The van der Waals surface area contributed by atoms with Crippen LogP contribution in [-0.2, 0) is 13.0 Å². The second-order valence-corrected chi connectivity index (χ2v) is 9.05. The molecule has 0 spiro atoms. The van der Waals surface area contributed by atoms with E-state index in [1.165, 1.54) is 22.1 Å². The van der Waals surface area contributed by atoms with Crippen LogP contribution in [0.2, 0.25) is 0 Å². The molecule has 1 aliphatic heterocycles. The molecule has 2 atom stereocenters. The zero-order valence-corrected chi connectivity index (χ0v) is 19.5. The number of benzene rings is 3. The largest absolute Gasteiger partial charge is 0.493 e. The van der Waals surface area contributed by atoms with Crippen molar-refractivity contribution in [3.63, 3.8) is 0 Å². The van der Waals surface area contributed by atoms with E-state index in [0.29, 0.717) is 12.0 Å². The lowest BCUT2D eigenvalue weighted by atomic mass is 9.85. The van der Waals surface area contributed by atoms with Crippen molar-refractivity contribution in [1.29, 1.82) is 0 Å². The van der Waals surface area contributed by atoms with Crippen LogP contribution in [0, 0.1) is 5.92 Å². The minimum absolute atomic E-state index is 0.0483. The molecule has 2 unspecified atom stereocenters. The fraction of sp³-hybridized carbons (Fsp3) is 0.407. The number of rotatable bonds is 7. The quantitative estimate of drug-likeness (QED) is 0.569. The van der Waals surface area contributed by atoms with Gasteiger partial charge in [-0.1, -0.05) is 38.1 Å². The van der Waals surface area contributed by atoms with Gasteiger partial charge < -0.3 is 20.3 Å². The van der Waals surface area contributed by atoms with Crippen LogP contribution in [-0.4, -0.2) is 37.4 Å². The summed E-state index contributed by atoms with van der Waals surface area (Å²) < 4.78 is 11.1. The Morgan fingerprint density at radius 2 is 1.69 bits per heavy atom. The first kappa shape index (κ1) is 22.6. The molecule has 0 saturated heterocycles. The van der Waals surface area contributed by atoms with Crippen molar-refractivity contribution >= 4 is 10.8 Å². The van der Waals surface area contributed by atoms with Crippen LogP contribution in [0.5, 0.6) is 11.5 Å². The normalized spacial score (nSPS) is 17.4. The molecule has 0 aliphatic carbocycles. The highest BCUT2D eigenvalue weighted by Gasteiger charge is 2.31. The van der Waals surface area contributed by atoms with Crippen molar-refractivity contribution in [2.75, 3.05) is 27.4 Å². The first-order valence-electron chi connectivity index (χ1n) is 11.3. The highest BCUT2D eigenvalue weighted by molar-refractivity contribution is 5.84. The van der Waals surface area contributed by atoms with Crippen LogP contribution in [0.3, 0.4) is 0 Å². The molecular weight excluding hydrogens is 400 g/mol. The van der Waals surface area contributed by atoms with Crippen molar-refractivity contribution < 1.29 is 14.6 Å². The average Bonchev–Trinajstić information content (AvgIpc) is 2.81. The van der Waals surface area contributed by atoms with Gasteiger partial charge in [0.1, 0.15) is 0 Å². The molecule has 0 radical (unpaired) electrons. The van der Waals surface area contributed by atoms with Crippen molar-refractivity contribution in [1.82, 2.24) is 4.90 Å². The topological polar surface area (TPSA) is 68.0 Å².